The van der Waals surface area contributed by atoms with Crippen LogP contribution in [0.2, 0.25) is 0 Å². The van der Waals surface area contributed by atoms with Gasteiger partial charge in [-0.3, -0.25) is 0 Å². The second kappa shape index (κ2) is 8.12. The Hall–Kier alpha value is -2.36. The van der Waals surface area contributed by atoms with Gasteiger partial charge in [0, 0.05) is 24.0 Å². The summed E-state index contributed by atoms with van der Waals surface area (Å²) >= 11 is 3.34. The van der Waals surface area contributed by atoms with Crippen LogP contribution in [-0.4, -0.2) is 0 Å². The molecular formula is C24H22OS2. The van der Waals surface area contributed by atoms with Gasteiger partial charge in [0.25, 0.3) is 0 Å². The van der Waals surface area contributed by atoms with Gasteiger partial charge in [0.15, 0.2) is 10.1 Å². The van der Waals surface area contributed by atoms with E-state index in [0.717, 1.165) is 23.0 Å². The van der Waals surface area contributed by atoms with Crippen molar-refractivity contribution in [2.45, 2.75) is 26.7 Å². The summed E-state index contributed by atoms with van der Waals surface area (Å²) in [6.45, 7) is 4.24. The van der Waals surface area contributed by atoms with Gasteiger partial charge < -0.3 is 4.74 Å². The van der Waals surface area contributed by atoms with Crippen molar-refractivity contribution in [3.63, 3.8) is 0 Å². The Morgan fingerprint density at radius 2 is 1.00 bits per heavy atom. The van der Waals surface area contributed by atoms with Crippen LogP contribution in [-0.2, 0) is 12.8 Å². The molecule has 0 aliphatic heterocycles. The summed E-state index contributed by atoms with van der Waals surface area (Å²) in [4.78, 5) is 0. The van der Waals surface area contributed by atoms with Gasteiger partial charge in [0.05, 0.1) is 0 Å². The fraction of sp³-hybridized carbons (Fsp3) is 0.167. The lowest BCUT2D eigenvalue weighted by atomic mass is 10.1. The lowest BCUT2D eigenvalue weighted by molar-refractivity contribution is 0.501. The Bertz CT molecular complexity index is 923. The maximum atomic E-state index is 6.35. The molecule has 0 aliphatic rings. The van der Waals surface area contributed by atoms with Crippen LogP contribution >= 0.6 is 22.7 Å². The van der Waals surface area contributed by atoms with Crippen molar-refractivity contribution in [2.75, 3.05) is 0 Å². The number of rotatable bonds is 6. The van der Waals surface area contributed by atoms with E-state index in [9.17, 15) is 0 Å². The van der Waals surface area contributed by atoms with Crippen LogP contribution in [0.5, 0.6) is 10.1 Å². The van der Waals surface area contributed by atoms with Crippen molar-refractivity contribution in [3.05, 3.63) is 105 Å². The highest BCUT2D eigenvalue weighted by Crippen LogP contribution is 2.38. The van der Waals surface area contributed by atoms with Crippen LogP contribution in [0.1, 0.15) is 33.4 Å². The predicted octanol–water partition coefficient (Wildman–Crippen LogP) is 7.40. The highest BCUT2D eigenvalue weighted by Gasteiger charge is 2.12. The summed E-state index contributed by atoms with van der Waals surface area (Å²) in [7, 11) is 0. The molecule has 136 valence electrons. The highest BCUT2D eigenvalue weighted by atomic mass is 32.1. The molecule has 0 unspecified atom stereocenters. The van der Waals surface area contributed by atoms with Gasteiger partial charge in [0.2, 0.25) is 0 Å². The molecule has 0 saturated carbocycles. The first-order valence-corrected chi connectivity index (χ1v) is 10.8. The fourth-order valence-electron chi connectivity index (χ4n) is 3.02. The van der Waals surface area contributed by atoms with Gasteiger partial charge >= 0.3 is 0 Å². The Morgan fingerprint density at radius 1 is 0.593 bits per heavy atom. The standard InChI is InChI=1S/C24H22OS2/c1-17-3-7-19(8-4-17)15-21-11-13-26-23(21)25-24-22(12-14-27-24)16-20-9-5-18(2)6-10-20/h3-14H,15-16H2,1-2H3. The monoisotopic (exact) mass is 390 g/mol. The first-order valence-electron chi connectivity index (χ1n) is 9.09. The third kappa shape index (κ3) is 4.49. The molecule has 3 heteroatoms. The van der Waals surface area contributed by atoms with E-state index >= 15 is 0 Å². The average Bonchev–Trinajstić information content (AvgIpc) is 3.29. The molecule has 0 radical (unpaired) electrons. The molecular weight excluding hydrogens is 368 g/mol. The van der Waals surface area contributed by atoms with E-state index in [1.807, 2.05) is 0 Å². The Balaban J connectivity index is 1.50. The summed E-state index contributed by atoms with van der Waals surface area (Å²) in [5, 5.41) is 6.24. The topological polar surface area (TPSA) is 9.23 Å². The zero-order valence-electron chi connectivity index (χ0n) is 15.6. The van der Waals surface area contributed by atoms with E-state index in [1.165, 1.54) is 33.4 Å². The summed E-state index contributed by atoms with van der Waals surface area (Å²) in [6, 6.07) is 21.8. The van der Waals surface area contributed by atoms with Crippen LogP contribution in [0.4, 0.5) is 0 Å². The van der Waals surface area contributed by atoms with E-state index < -0.39 is 0 Å². The number of aryl methyl sites for hydroxylation is 2. The number of thiophene rings is 2. The predicted molar refractivity (Wildman–Crippen MR) is 117 cm³/mol. The highest BCUT2D eigenvalue weighted by molar-refractivity contribution is 7.13. The molecule has 27 heavy (non-hydrogen) atoms. The number of hydrogen-bond acceptors (Lipinski definition) is 3. The molecule has 2 aromatic carbocycles. The molecule has 0 saturated heterocycles. The molecule has 4 aromatic rings. The molecule has 0 amide bonds. The molecule has 0 N–H and O–H groups in total. The molecule has 2 aromatic heterocycles. The lowest BCUT2D eigenvalue weighted by Gasteiger charge is -2.08. The van der Waals surface area contributed by atoms with Crippen molar-refractivity contribution >= 4 is 22.7 Å². The zero-order chi connectivity index (χ0) is 18.6. The first kappa shape index (κ1) is 18.0. The van der Waals surface area contributed by atoms with Crippen molar-refractivity contribution in [2.24, 2.45) is 0 Å². The molecule has 0 bridgehead atoms. The van der Waals surface area contributed by atoms with E-state index in [4.69, 9.17) is 4.74 Å². The normalized spacial score (nSPS) is 10.9. The van der Waals surface area contributed by atoms with Gasteiger partial charge in [-0.05, 0) is 47.9 Å². The van der Waals surface area contributed by atoms with Crippen molar-refractivity contribution in [3.8, 4) is 10.1 Å². The Labute approximate surface area is 168 Å². The Morgan fingerprint density at radius 3 is 1.41 bits per heavy atom. The maximum Gasteiger partial charge on any atom is 0.185 e. The lowest BCUT2D eigenvalue weighted by Crippen LogP contribution is -1.92. The number of benzene rings is 2. The molecule has 2 heterocycles. The van der Waals surface area contributed by atoms with E-state index in [-0.39, 0.29) is 0 Å². The fourth-order valence-corrected chi connectivity index (χ4v) is 4.63. The minimum atomic E-state index is 0.901. The molecule has 0 fully saturated rings. The van der Waals surface area contributed by atoms with Crippen molar-refractivity contribution < 1.29 is 4.74 Å². The average molecular weight is 391 g/mol. The summed E-state index contributed by atoms with van der Waals surface area (Å²) in [5.74, 6) is 0. The number of hydrogen-bond donors (Lipinski definition) is 0. The number of ether oxygens (including phenoxy) is 1. The van der Waals surface area contributed by atoms with Gasteiger partial charge in [-0.15, -0.1) is 22.7 Å². The first-order chi connectivity index (χ1) is 13.2. The van der Waals surface area contributed by atoms with Gasteiger partial charge in [-0.2, -0.15) is 0 Å². The Kier molecular flexibility index (Phi) is 5.42. The van der Waals surface area contributed by atoms with Crippen LogP contribution in [0, 0.1) is 13.8 Å². The summed E-state index contributed by atoms with van der Waals surface area (Å²) < 4.78 is 6.35. The van der Waals surface area contributed by atoms with Gasteiger partial charge in [-0.1, -0.05) is 59.7 Å². The van der Waals surface area contributed by atoms with Crippen molar-refractivity contribution in [1.82, 2.24) is 0 Å². The molecule has 0 aliphatic carbocycles. The quantitative estimate of drug-likeness (QED) is 0.333. The molecule has 0 atom stereocenters. The van der Waals surface area contributed by atoms with Crippen LogP contribution in [0.25, 0.3) is 0 Å². The summed E-state index contributed by atoms with van der Waals surface area (Å²) in [5.41, 5.74) is 7.71. The second-order valence-corrected chi connectivity index (χ2v) is 8.65. The second-order valence-electron chi connectivity index (χ2n) is 6.89. The zero-order valence-corrected chi connectivity index (χ0v) is 17.2. The minimum Gasteiger partial charge on any atom is -0.435 e. The van der Waals surface area contributed by atoms with Crippen LogP contribution in [0.3, 0.4) is 0 Å². The van der Waals surface area contributed by atoms with Gasteiger partial charge in [-0.25, -0.2) is 0 Å². The van der Waals surface area contributed by atoms with Crippen LogP contribution < -0.4 is 4.74 Å². The molecule has 4 rings (SSSR count). The van der Waals surface area contributed by atoms with Crippen LogP contribution in [0.15, 0.2) is 71.4 Å². The largest absolute Gasteiger partial charge is 0.435 e. The minimum absolute atomic E-state index is 0.901. The SMILES string of the molecule is Cc1ccc(Cc2ccsc2Oc2sccc2Cc2ccc(C)cc2)cc1. The molecule has 0 spiro atoms. The third-order valence-corrected chi connectivity index (χ3v) is 6.29. The molecule has 1 nitrogen and oxygen atoms in total. The van der Waals surface area contributed by atoms with E-state index in [2.05, 4.69) is 85.3 Å². The third-order valence-electron chi connectivity index (χ3n) is 4.63. The maximum absolute atomic E-state index is 6.35. The van der Waals surface area contributed by atoms with Gasteiger partial charge in [0.1, 0.15) is 0 Å². The van der Waals surface area contributed by atoms with E-state index in [0.29, 0.717) is 0 Å². The smallest absolute Gasteiger partial charge is 0.185 e. The van der Waals surface area contributed by atoms with E-state index in [1.54, 1.807) is 22.7 Å². The summed E-state index contributed by atoms with van der Waals surface area (Å²) in [6.07, 6.45) is 1.80. The van der Waals surface area contributed by atoms with Crippen molar-refractivity contribution in [1.29, 1.82) is 0 Å².